The lowest BCUT2D eigenvalue weighted by atomic mass is 10.3. The molecule has 1 heterocycles. The predicted octanol–water partition coefficient (Wildman–Crippen LogP) is 2.02. The number of oxazole rings is 1. The van der Waals surface area contributed by atoms with Crippen molar-refractivity contribution < 1.29 is 18.9 Å². The summed E-state index contributed by atoms with van der Waals surface area (Å²) in [6.07, 6.45) is 0. The van der Waals surface area contributed by atoms with Gasteiger partial charge in [0.2, 0.25) is 11.8 Å². The molecule has 0 saturated carbocycles. The number of halogens is 1. The lowest BCUT2D eigenvalue weighted by Crippen LogP contribution is -2.36. The monoisotopic (exact) mass is 448 g/mol. The first kappa shape index (κ1) is 19.3. The molecule has 0 radical (unpaired) electrons. The highest BCUT2D eigenvalue weighted by molar-refractivity contribution is 9.10. The van der Waals surface area contributed by atoms with Gasteiger partial charge in [-0.1, -0.05) is 12.1 Å². The fourth-order valence-electron chi connectivity index (χ4n) is 2.45. The molecule has 3 aromatic rings. The second-order valence-electron chi connectivity index (χ2n) is 5.67. The summed E-state index contributed by atoms with van der Waals surface area (Å²) in [7, 11) is 0. The average Bonchev–Trinajstić information content (AvgIpc) is 2.96. The number of hydrogen-bond donors (Lipinski definition) is 2. The topological polar surface area (TPSA) is 136 Å². The van der Waals surface area contributed by atoms with Gasteiger partial charge in [-0.3, -0.25) is 24.3 Å². The maximum Gasteiger partial charge on any atom is 0.420 e. The van der Waals surface area contributed by atoms with E-state index in [1.165, 1.54) is 12.1 Å². The van der Waals surface area contributed by atoms with Crippen molar-refractivity contribution in [3.05, 3.63) is 67.6 Å². The van der Waals surface area contributed by atoms with Crippen molar-refractivity contribution in [2.24, 2.45) is 0 Å². The SMILES string of the molecule is O=C(Cn1c(=O)oc2cc([N+](=O)[O-])ccc21)NCC(=O)Nc1ccccc1Br. The minimum Gasteiger partial charge on any atom is -0.407 e. The molecule has 0 atom stereocenters. The Morgan fingerprint density at radius 1 is 1.18 bits per heavy atom. The lowest BCUT2D eigenvalue weighted by Gasteiger charge is -2.08. The molecule has 0 unspecified atom stereocenters. The van der Waals surface area contributed by atoms with Crippen molar-refractivity contribution in [3.63, 3.8) is 0 Å². The molecular weight excluding hydrogens is 436 g/mol. The largest absolute Gasteiger partial charge is 0.420 e. The van der Waals surface area contributed by atoms with Crippen LogP contribution in [0.1, 0.15) is 0 Å². The van der Waals surface area contributed by atoms with Crippen molar-refractivity contribution in [1.29, 1.82) is 0 Å². The molecule has 10 nitrogen and oxygen atoms in total. The van der Waals surface area contributed by atoms with Gasteiger partial charge in [0.15, 0.2) is 5.58 Å². The van der Waals surface area contributed by atoms with Crippen molar-refractivity contribution in [2.45, 2.75) is 6.54 Å². The molecule has 0 spiro atoms. The number of nitrogens with zero attached hydrogens (tertiary/aromatic N) is 2. The van der Waals surface area contributed by atoms with Gasteiger partial charge in [0.05, 0.1) is 28.7 Å². The Kier molecular flexibility index (Phi) is 5.54. The second-order valence-corrected chi connectivity index (χ2v) is 6.52. The van der Waals surface area contributed by atoms with Gasteiger partial charge in [-0.25, -0.2) is 4.79 Å². The number of nitro groups is 1. The maximum atomic E-state index is 12.1. The summed E-state index contributed by atoms with van der Waals surface area (Å²) in [6.45, 7) is -0.692. The fourth-order valence-corrected chi connectivity index (χ4v) is 2.84. The third-order valence-electron chi connectivity index (χ3n) is 3.76. The van der Waals surface area contributed by atoms with Crippen LogP contribution in [0.2, 0.25) is 0 Å². The molecule has 2 amide bonds. The van der Waals surface area contributed by atoms with Crippen LogP contribution in [0.25, 0.3) is 11.1 Å². The molecule has 28 heavy (non-hydrogen) atoms. The summed E-state index contributed by atoms with van der Waals surface area (Å²) in [5.41, 5.74) is 0.559. The number of benzene rings is 2. The zero-order chi connectivity index (χ0) is 20.3. The summed E-state index contributed by atoms with van der Waals surface area (Å²) < 4.78 is 6.67. The van der Waals surface area contributed by atoms with Gasteiger partial charge in [0, 0.05) is 10.5 Å². The Bertz CT molecular complexity index is 1140. The van der Waals surface area contributed by atoms with E-state index in [2.05, 4.69) is 26.6 Å². The number of carbonyl (C=O) groups is 2. The van der Waals surface area contributed by atoms with Crippen LogP contribution in [0.15, 0.2) is 56.1 Å². The smallest absolute Gasteiger partial charge is 0.407 e. The quantitative estimate of drug-likeness (QED) is 0.437. The zero-order valence-corrected chi connectivity index (χ0v) is 15.8. The standard InChI is InChI=1S/C17H13BrN4O6/c18-11-3-1-2-4-12(11)20-15(23)8-19-16(24)9-21-13-6-5-10(22(26)27)7-14(13)28-17(21)25/h1-7H,8-9H2,(H,19,24)(H,20,23). The van der Waals surface area contributed by atoms with E-state index in [4.69, 9.17) is 4.42 Å². The van der Waals surface area contributed by atoms with Crippen molar-refractivity contribution in [2.75, 3.05) is 11.9 Å². The Labute approximate surface area is 165 Å². The van der Waals surface area contributed by atoms with Gasteiger partial charge < -0.3 is 15.1 Å². The van der Waals surface area contributed by atoms with Gasteiger partial charge in [-0.2, -0.15) is 0 Å². The molecule has 0 aliphatic heterocycles. The van der Waals surface area contributed by atoms with Gasteiger partial charge in [0.1, 0.15) is 6.54 Å². The third-order valence-corrected chi connectivity index (χ3v) is 4.45. The van der Waals surface area contributed by atoms with Crippen LogP contribution >= 0.6 is 15.9 Å². The van der Waals surface area contributed by atoms with E-state index in [0.717, 1.165) is 10.6 Å². The summed E-state index contributed by atoms with van der Waals surface area (Å²) in [5.74, 6) is -1.87. The van der Waals surface area contributed by atoms with E-state index in [0.29, 0.717) is 10.2 Å². The number of nitrogens with one attached hydrogen (secondary N) is 2. The third kappa shape index (κ3) is 4.26. The van der Waals surface area contributed by atoms with Crippen LogP contribution in [0.5, 0.6) is 0 Å². The number of non-ortho nitro benzene ring substituents is 1. The first-order valence-electron chi connectivity index (χ1n) is 7.94. The van der Waals surface area contributed by atoms with Crippen LogP contribution in [0.3, 0.4) is 0 Å². The number of nitro benzene ring substituents is 1. The van der Waals surface area contributed by atoms with Crippen LogP contribution in [0, 0.1) is 10.1 Å². The predicted molar refractivity (Wildman–Crippen MR) is 103 cm³/mol. The van der Waals surface area contributed by atoms with Gasteiger partial charge >= 0.3 is 5.76 Å². The average molecular weight is 449 g/mol. The van der Waals surface area contributed by atoms with Gasteiger partial charge in [-0.05, 0) is 34.1 Å². The van der Waals surface area contributed by atoms with E-state index in [1.54, 1.807) is 24.3 Å². The van der Waals surface area contributed by atoms with Crippen molar-refractivity contribution in [3.8, 4) is 0 Å². The van der Waals surface area contributed by atoms with Crippen LogP contribution in [-0.4, -0.2) is 27.8 Å². The Balaban J connectivity index is 1.64. The summed E-state index contributed by atoms with van der Waals surface area (Å²) in [4.78, 5) is 46.2. The Hall–Kier alpha value is -3.47. The minimum atomic E-state index is -0.830. The molecule has 0 saturated heterocycles. The van der Waals surface area contributed by atoms with Gasteiger partial charge in [0.25, 0.3) is 5.69 Å². The number of carbonyl (C=O) groups excluding carboxylic acids is 2. The molecule has 2 N–H and O–H groups in total. The second kappa shape index (κ2) is 8.05. The normalized spacial score (nSPS) is 10.6. The molecule has 11 heteroatoms. The first-order valence-corrected chi connectivity index (χ1v) is 8.73. The van der Waals surface area contributed by atoms with E-state index in [9.17, 15) is 24.5 Å². The summed E-state index contributed by atoms with van der Waals surface area (Å²) >= 11 is 3.30. The summed E-state index contributed by atoms with van der Waals surface area (Å²) in [5, 5.41) is 15.8. The maximum absolute atomic E-state index is 12.1. The number of fused-ring (bicyclic) bond motifs is 1. The highest BCUT2D eigenvalue weighted by Crippen LogP contribution is 2.21. The van der Waals surface area contributed by atoms with E-state index in [1.807, 2.05) is 0 Å². The number of para-hydroxylation sites is 1. The minimum absolute atomic E-state index is 0.00123. The first-order chi connectivity index (χ1) is 13.3. The molecule has 0 fully saturated rings. The van der Waals surface area contributed by atoms with Crippen LogP contribution < -0.4 is 16.4 Å². The molecule has 0 aliphatic carbocycles. The van der Waals surface area contributed by atoms with Gasteiger partial charge in [-0.15, -0.1) is 0 Å². The lowest BCUT2D eigenvalue weighted by molar-refractivity contribution is -0.384. The number of amides is 2. The molecule has 0 bridgehead atoms. The number of rotatable bonds is 6. The molecule has 0 aliphatic rings. The molecule has 144 valence electrons. The van der Waals surface area contributed by atoms with E-state index >= 15 is 0 Å². The van der Waals surface area contributed by atoms with Crippen LogP contribution in [-0.2, 0) is 16.1 Å². The number of hydrogen-bond acceptors (Lipinski definition) is 6. The van der Waals surface area contributed by atoms with E-state index in [-0.39, 0.29) is 23.3 Å². The molecule has 2 aromatic carbocycles. The van der Waals surface area contributed by atoms with Crippen molar-refractivity contribution in [1.82, 2.24) is 9.88 Å². The molecular formula is C17H13BrN4O6. The number of aromatic nitrogens is 1. The van der Waals surface area contributed by atoms with Crippen LogP contribution in [0.4, 0.5) is 11.4 Å². The fraction of sp³-hybridized carbons (Fsp3) is 0.118. The molecule has 1 aromatic heterocycles. The number of anilines is 1. The highest BCUT2D eigenvalue weighted by Gasteiger charge is 2.16. The zero-order valence-electron chi connectivity index (χ0n) is 14.2. The summed E-state index contributed by atoms with van der Waals surface area (Å²) in [6, 6.07) is 10.6. The molecule has 3 rings (SSSR count). The van der Waals surface area contributed by atoms with E-state index < -0.39 is 29.0 Å². The highest BCUT2D eigenvalue weighted by atomic mass is 79.9. The Morgan fingerprint density at radius 2 is 1.93 bits per heavy atom. The van der Waals surface area contributed by atoms with Crippen molar-refractivity contribution >= 4 is 50.2 Å². The Morgan fingerprint density at radius 3 is 2.64 bits per heavy atom.